The van der Waals surface area contributed by atoms with Gasteiger partial charge in [0, 0.05) is 12.6 Å². The lowest BCUT2D eigenvalue weighted by Gasteiger charge is -2.14. The lowest BCUT2D eigenvalue weighted by molar-refractivity contribution is 0.164. The number of nitrogens with one attached hydrogen (secondary N) is 1. The minimum absolute atomic E-state index is 0.412. The third kappa shape index (κ3) is 4.46. The second-order valence-corrected chi connectivity index (χ2v) is 4.29. The van der Waals surface area contributed by atoms with Crippen LogP contribution in [0.4, 0.5) is 8.78 Å². The number of halogens is 2. The van der Waals surface area contributed by atoms with E-state index < -0.39 is 34.5 Å². The lowest BCUT2D eigenvalue weighted by Crippen LogP contribution is -2.44. The predicted molar refractivity (Wildman–Crippen MR) is 42.6 cm³/mol. The maximum atomic E-state index is 11.7. The highest BCUT2D eigenvalue weighted by Gasteiger charge is 2.24. The predicted octanol–water partition coefficient (Wildman–Crippen LogP) is -1.16. The number of nitrogens with two attached hydrogens (primary N) is 1. The first-order chi connectivity index (χ1) is 5.77. The number of rotatable bonds is 5. The Morgan fingerprint density at radius 1 is 1.54 bits per heavy atom. The van der Waals surface area contributed by atoms with Crippen molar-refractivity contribution in [1.29, 1.82) is 0 Å². The van der Waals surface area contributed by atoms with Crippen LogP contribution in [0.2, 0.25) is 0 Å². The molecule has 0 radical (unpaired) electrons. The summed E-state index contributed by atoms with van der Waals surface area (Å²) in [6, 6.07) is -0.895. The van der Waals surface area contributed by atoms with E-state index in [-0.39, 0.29) is 0 Å². The third-order valence-electron chi connectivity index (χ3n) is 1.37. The number of hydrogen-bond donors (Lipinski definition) is 3. The van der Waals surface area contributed by atoms with Gasteiger partial charge in [0.2, 0.25) is 0 Å². The minimum atomic E-state index is -4.60. The van der Waals surface area contributed by atoms with Crippen LogP contribution in [0.1, 0.15) is 6.92 Å². The van der Waals surface area contributed by atoms with Gasteiger partial charge in [0.25, 0.3) is 10.0 Å². The second-order valence-electron chi connectivity index (χ2n) is 2.56. The molecule has 4 N–H and O–H groups in total. The molecule has 0 saturated carbocycles. The molecule has 0 spiro atoms. The average molecular weight is 218 g/mol. The average Bonchev–Trinajstić information content (AvgIpc) is 1.99. The topological polar surface area (TPSA) is 92.4 Å². The Morgan fingerprint density at radius 2 is 2.00 bits per heavy atom. The first-order valence-corrected chi connectivity index (χ1v) is 5.02. The van der Waals surface area contributed by atoms with E-state index in [2.05, 4.69) is 0 Å². The van der Waals surface area contributed by atoms with Crippen molar-refractivity contribution in [2.45, 2.75) is 24.8 Å². The van der Waals surface area contributed by atoms with Crippen LogP contribution in [0.25, 0.3) is 0 Å². The maximum Gasteiger partial charge on any atom is 0.350 e. The van der Waals surface area contributed by atoms with Crippen LogP contribution in [0.5, 0.6) is 0 Å². The van der Waals surface area contributed by atoms with Gasteiger partial charge in [-0.1, -0.05) is 0 Å². The summed E-state index contributed by atoms with van der Waals surface area (Å²) in [6.07, 6.45) is -0.958. The van der Waals surface area contributed by atoms with Crippen molar-refractivity contribution >= 4 is 10.0 Å². The van der Waals surface area contributed by atoms with Gasteiger partial charge < -0.3 is 10.8 Å². The molecule has 0 aromatic rings. The highest BCUT2D eigenvalue weighted by atomic mass is 32.2. The molecule has 0 fully saturated rings. The van der Waals surface area contributed by atoms with Gasteiger partial charge in [-0.2, -0.15) is 8.78 Å². The number of hydrogen-bond acceptors (Lipinski definition) is 4. The molecule has 0 aliphatic rings. The van der Waals surface area contributed by atoms with Crippen LogP contribution < -0.4 is 10.5 Å². The second kappa shape index (κ2) is 4.80. The molecular weight excluding hydrogens is 206 g/mol. The van der Waals surface area contributed by atoms with Crippen LogP contribution >= 0.6 is 0 Å². The molecule has 0 amide bonds. The lowest BCUT2D eigenvalue weighted by atomic mass is 10.2. The van der Waals surface area contributed by atoms with Crippen molar-refractivity contribution in [3.05, 3.63) is 0 Å². The fourth-order valence-electron chi connectivity index (χ4n) is 0.446. The van der Waals surface area contributed by atoms with E-state index in [0.717, 1.165) is 0 Å². The summed E-state index contributed by atoms with van der Waals surface area (Å²) >= 11 is 0. The summed E-state index contributed by atoms with van der Waals surface area (Å²) in [6.45, 7) is 0.922. The van der Waals surface area contributed by atoms with E-state index >= 15 is 0 Å². The zero-order chi connectivity index (χ0) is 10.6. The molecule has 0 aliphatic heterocycles. The molecule has 2 atom stereocenters. The van der Waals surface area contributed by atoms with Crippen LogP contribution in [0, 0.1) is 0 Å². The fraction of sp³-hybridized carbons (Fsp3) is 1.00. The van der Waals surface area contributed by atoms with E-state index in [1.54, 1.807) is 4.72 Å². The molecule has 0 heterocycles. The molecule has 0 rings (SSSR count). The molecule has 13 heavy (non-hydrogen) atoms. The van der Waals surface area contributed by atoms with Crippen LogP contribution in [0.3, 0.4) is 0 Å². The van der Waals surface area contributed by atoms with Crippen molar-refractivity contribution in [3.63, 3.8) is 0 Å². The summed E-state index contributed by atoms with van der Waals surface area (Å²) < 4.78 is 45.9. The zero-order valence-corrected chi connectivity index (χ0v) is 7.76. The SMILES string of the molecule is CC(O)C(N)CNS(=O)(=O)C(F)F. The fourth-order valence-corrected chi connectivity index (χ4v) is 0.997. The molecular formula is C5H12F2N2O3S. The van der Waals surface area contributed by atoms with Gasteiger partial charge in [0.15, 0.2) is 0 Å². The quantitative estimate of drug-likeness (QED) is 0.542. The highest BCUT2D eigenvalue weighted by Crippen LogP contribution is 2.01. The molecule has 0 aromatic heterocycles. The Balaban J connectivity index is 4.04. The van der Waals surface area contributed by atoms with Crippen molar-refractivity contribution in [2.24, 2.45) is 5.73 Å². The molecule has 2 unspecified atom stereocenters. The van der Waals surface area contributed by atoms with E-state index in [1.807, 2.05) is 0 Å². The van der Waals surface area contributed by atoms with E-state index in [1.165, 1.54) is 6.92 Å². The monoisotopic (exact) mass is 218 g/mol. The Labute approximate surface area is 75.0 Å². The van der Waals surface area contributed by atoms with Crippen molar-refractivity contribution < 1.29 is 22.3 Å². The Hall–Kier alpha value is -0.310. The molecule has 0 aromatic carbocycles. The molecule has 0 aliphatic carbocycles. The molecule has 8 heteroatoms. The first-order valence-electron chi connectivity index (χ1n) is 3.47. The van der Waals surface area contributed by atoms with Gasteiger partial charge in [0.05, 0.1) is 6.10 Å². The molecule has 0 bridgehead atoms. The molecule has 5 nitrogen and oxygen atoms in total. The molecule has 80 valence electrons. The van der Waals surface area contributed by atoms with Gasteiger partial charge >= 0.3 is 5.76 Å². The third-order valence-corrected chi connectivity index (χ3v) is 2.41. The standard InChI is InChI=1S/C5H12F2N2O3S/c1-3(10)4(8)2-9-13(11,12)5(6)7/h3-5,9-10H,2,8H2,1H3. The van der Waals surface area contributed by atoms with Gasteiger partial charge in [-0.05, 0) is 6.92 Å². The van der Waals surface area contributed by atoms with Gasteiger partial charge in [-0.3, -0.25) is 0 Å². The van der Waals surface area contributed by atoms with Crippen LogP contribution in [-0.4, -0.2) is 38.0 Å². The van der Waals surface area contributed by atoms with Gasteiger partial charge in [0.1, 0.15) is 0 Å². The van der Waals surface area contributed by atoms with Crippen molar-refractivity contribution in [2.75, 3.05) is 6.54 Å². The first kappa shape index (κ1) is 12.7. The van der Waals surface area contributed by atoms with E-state index in [4.69, 9.17) is 10.8 Å². The minimum Gasteiger partial charge on any atom is -0.392 e. The Bertz CT molecular complexity index is 242. The summed E-state index contributed by atoms with van der Waals surface area (Å²) in [7, 11) is -4.60. The van der Waals surface area contributed by atoms with Gasteiger partial charge in [-0.15, -0.1) is 0 Å². The van der Waals surface area contributed by atoms with E-state index in [0.29, 0.717) is 0 Å². The zero-order valence-electron chi connectivity index (χ0n) is 6.94. The number of sulfonamides is 1. The van der Waals surface area contributed by atoms with Crippen molar-refractivity contribution in [3.8, 4) is 0 Å². The Morgan fingerprint density at radius 3 is 2.31 bits per heavy atom. The Kier molecular flexibility index (Phi) is 4.68. The largest absolute Gasteiger partial charge is 0.392 e. The normalized spacial score (nSPS) is 17.4. The smallest absolute Gasteiger partial charge is 0.350 e. The summed E-state index contributed by atoms with van der Waals surface area (Å²) in [5.41, 5.74) is 5.20. The highest BCUT2D eigenvalue weighted by molar-refractivity contribution is 7.89. The summed E-state index contributed by atoms with van der Waals surface area (Å²) in [5, 5.41) is 8.81. The number of aliphatic hydroxyl groups is 1. The summed E-state index contributed by atoms with van der Waals surface area (Å²) in [5.74, 6) is -3.48. The summed E-state index contributed by atoms with van der Waals surface area (Å²) in [4.78, 5) is 0. The number of aliphatic hydroxyl groups excluding tert-OH is 1. The number of alkyl halides is 2. The van der Waals surface area contributed by atoms with Crippen LogP contribution in [-0.2, 0) is 10.0 Å². The van der Waals surface area contributed by atoms with Crippen molar-refractivity contribution in [1.82, 2.24) is 4.72 Å². The maximum absolute atomic E-state index is 11.7. The van der Waals surface area contributed by atoms with E-state index in [9.17, 15) is 17.2 Å². The van der Waals surface area contributed by atoms with Gasteiger partial charge in [-0.25, -0.2) is 13.1 Å². The van der Waals surface area contributed by atoms with Crippen LogP contribution in [0.15, 0.2) is 0 Å². The molecule has 0 saturated heterocycles.